The molecule has 0 bridgehead atoms. The molecule has 1 heterocycles. The fourth-order valence-corrected chi connectivity index (χ4v) is 2.54. The summed E-state index contributed by atoms with van der Waals surface area (Å²) in [5.74, 6) is -0.139. The molecule has 1 aromatic heterocycles. The number of carbonyl (C=O) groups is 1. The second-order valence-corrected chi connectivity index (χ2v) is 6.78. The van der Waals surface area contributed by atoms with Gasteiger partial charge in [-0.3, -0.25) is 9.48 Å². The van der Waals surface area contributed by atoms with Gasteiger partial charge in [-0.2, -0.15) is 5.10 Å². The van der Waals surface area contributed by atoms with Crippen LogP contribution in [0.5, 0.6) is 0 Å². The summed E-state index contributed by atoms with van der Waals surface area (Å²) < 4.78 is 1.80. The Morgan fingerprint density at radius 3 is 2.57 bits per heavy atom. The van der Waals surface area contributed by atoms with Crippen molar-refractivity contribution in [3.63, 3.8) is 0 Å². The Hall–Kier alpha value is -2.62. The first-order valence-electron chi connectivity index (χ1n) is 7.71. The minimum absolute atomic E-state index is 0.139. The van der Waals surface area contributed by atoms with Crippen molar-refractivity contribution in [2.24, 2.45) is 0 Å². The van der Waals surface area contributed by atoms with E-state index in [0.717, 1.165) is 22.0 Å². The number of aryl methyl sites for hydroxylation is 1. The highest BCUT2D eigenvalue weighted by atomic mass is 16.1. The molecule has 1 amide bonds. The molecule has 0 radical (unpaired) electrons. The van der Waals surface area contributed by atoms with Crippen molar-refractivity contribution in [3.8, 4) is 0 Å². The Balaban J connectivity index is 1.95. The summed E-state index contributed by atoms with van der Waals surface area (Å²) in [5.41, 5.74) is 2.32. The van der Waals surface area contributed by atoms with Crippen LogP contribution in [0, 0.1) is 6.92 Å². The van der Waals surface area contributed by atoms with Gasteiger partial charge in [-0.1, -0.05) is 36.4 Å². The highest BCUT2D eigenvalue weighted by Crippen LogP contribution is 2.27. The van der Waals surface area contributed by atoms with Crippen LogP contribution in [0.3, 0.4) is 0 Å². The molecular formula is C19H21N3O. The van der Waals surface area contributed by atoms with Crippen LogP contribution >= 0.6 is 0 Å². The van der Waals surface area contributed by atoms with Crippen molar-refractivity contribution in [1.82, 2.24) is 9.78 Å². The molecule has 118 valence electrons. The van der Waals surface area contributed by atoms with Crippen molar-refractivity contribution in [3.05, 3.63) is 59.9 Å². The van der Waals surface area contributed by atoms with Gasteiger partial charge in [0.15, 0.2) is 0 Å². The Morgan fingerprint density at radius 1 is 1.13 bits per heavy atom. The maximum absolute atomic E-state index is 12.6. The number of fused-ring (bicyclic) bond motifs is 1. The third kappa shape index (κ3) is 2.97. The zero-order valence-corrected chi connectivity index (χ0v) is 13.9. The number of nitrogens with one attached hydrogen (secondary N) is 1. The number of carbonyl (C=O) groups excluding carboxylic acids is 1. The van der Waals surface area contributed by atoms with Gasteiger partial charge in [0.2, 0.25) is 0 Å². The number of aromatic nitrogens is 2. The van der Waals surface area contributed by atoms with E-state index in [4.69, 9.17) is 0 Å². The van der Waals surface area contributed by atoms with Crippen molar-refractivity contribution in [1.29, 1.82) is 0 Å². The zero-order valence-electron chi connectivity index (χ0n) is 13.9. The summed E-state index contributed by atoms with van der Waals surface area (Å²) in [4.78, 5) is 12.6. The van der Waals surface area contributed by atoms with Crippen LogP contribution in [0.2, 0.25) is 0 Å². The van der Waals surface area contributed by atoms with Crippen LogP contribution in [0.15, 0.2) is 48.8 Å². The lowest BCUT2D eigenvalue weighted by Crippen LogP contribution is -2.22. The molecule has 0 aliphatic carbocycles. The summed E-state index contributed by atoms with van der Waals surface area (Å²) in [5, 5.41) is 9.49. The molecule has 3 rings (SSSR count). The summed E-state index contributed by atoms with van der Waals surface area (Å²) in [6, 6.07) is 12.1. The van der Waals surface area contributed by atoms with Crippen molar-refractivity contribution in [2.75, 3.05) is 5.32 Å². The maximum Gasteiger partial charge on any atom is 0.258 e. The highest BCUT2D eigenvalue weighted by molar-refractivity contribution is 6.09. The standard InChI is InChI=1S/C19H21N3O/c1-13-9-10-14-7-5-6-8-16(14)17(13)21-18(23)15-11-20-22(12-15)19(2,3)4/h5-12H,1-4H3,(H,21,23). The first kappa shape index (κ1) is 15.3. The predicted octanol–water partition coefficient (Wildman–Crippen LogP) is 4.35. The SMILES string of the molecule is Cc1ccc2ccccc2c1NC(=O)c1cnn(C(C)(C)C)c1. The summed E-state index contributed by atoms with van der Waals surface area (Å²) >= 11 is 0. The van der Waals surface area contributed by atoms with Gasteiger partial charge in [0, 0.05) is 11.6 Å². The Labute approximate surface area is 136 Å². The highest BCUT2D eigenvalue weighted by Gasteiger charge is 2.17. The predicted molar refractivity (Wildman–Crippen MR) is 93.9 cm³/mol. The molecule has 2 aromatic carbocycles. The fourth-order valence-electron chi connectivity index (χ4n) is 2.54. The molecule has 3 aromatic rings. The third-order valence-electron chi connectivity index (χ3n) is 3.91. The summed E-state index contributed by atoms with van der Waals surface area (Å²) in [7, 11) is 0. The fraction of sp³-hybridized carbons (Fsp3) is 0.263. The van der Waals surface area contributed by atoms with Gasteiger partial charge in [-0.25, -0.2) is 0 Å². The van der Waals surface area contributed by atoms with Crippen molar-refractivity contribution in [2.45, 2.75) is 33.2 Å². The largest absolute Gasteiger partial charge is 0.321 e. The Morgan fingerprint density at radius 2 is 1.87 bits per heavy atom. The van der Waals surface area contributed by atoms with E-state index in [2.05, 4.69) is 37.3 Å². The maximum atomic E-state index is 12.6. The van der Waals surface area contributed by atoms with Gasteiger partial charge in [-0.05, 0) is 38.6 Å². The number of nitrogens with zero attached hydrogens (tertiary/aromatic N) is 2. The number of anilines is 1. The average molecular weight is 307 g/mol. The lowest BCUT2D eigenvalue weighted by atomic mass is 10.0. The Bertz CT molecular complexity index is 872. The second kappa shape index (κ2) is 5.54. The molecule has 0 unspecified atom stereocenters. The van der Waals surface area contributed by atoms with Gasteiger partial charge >= 0.3 is 0 Å². The number of hydrogen-bond donors (Lipinski definition) is 1. The van der Waals surface area contributed by atoms with E-state index >= 15 is 0 Å². The lowest BCUT2D eigenvalue weighted by molar-refractivity contribution is 0.102. The number of rotatable bonds is 2. The van der Waals surface area contributed by atoms with Crippen molar-refractivity contribution >= 4 is 22.4 Å². The van der Waals surface area contributed by atoms with Crippen LogP contribution in [0.4, 0.5) is 5.69 Å². The van der Waals surface area contributed by atoms with Crippen LogP contribution in [0.1, 0.15) is 36.7 Å². The molecule has 0 aliphatic heterocycles. The smallest absolute Gasteiger partial charge is 0.258 e. The van der Waals surface area contributed by atoms with Gasteiger partial charge in [0.05, 0.1) is 23.0 Å². The first-order valence-corrected chi connectivity index (χ1v) is 7.71. The van der Waals surface area contributed by atoms with E-state index in [1.807, 2.05) is 37.3 Å². The Kier molecular flexibility index (Phi) is 3.68. The molecule has 23 heavy (non-hydrogen) atoms. The van der Waals surface area contributed by atoms with E-state index in [1.54, 1.807) is 17.1 Å². The second-order valence-electron chi connectivity index (χ2n) is 6.78. The van der Waals surface area contributed by atoms with Crippen LogP contribution in [0.25, 0.3) is 10.8 Å². The van der Waals surface area contributed by atoms with Crippen LogP contribution in [-0.4, -0.2) is 15.7 Å². The average Bonchev–Trinajstić information content (AvgIpc) is 3.00. The molecule has 4 nitrogen and oxygen atoms in total. The molecule has 0 spiro atoms. The first-order chi connectivity index (χ1) is 10.9. The van der Waals surface area contributed by atoms with E-state index < -0.39 is 0 Å². The van der Waals surface area contributed by atoms with E-state index in [0.29, 0.717) is 5.56 Å². The van der Waals surface area contributed by atoms with Crippen molar-refractivity contribution < 1.29 is 4.79 Å². The topological polar surface area (TPSA) is 46.9 Å². The lowest BCUT2D eigenvalue weighted by Gasteiger charge is -2.18. The normalized spacial score (nSPS) is 11.7. The van der Waals surface area contributed by atoms with E-state index in [1.165, 1.54) is 0 Å². The molecule has 0 saturated carbocycles. The molecule has 0 atom stereocenters. The van der Waals surface area contributed by atoms with Gasteiger partial charge < -0.3 is 5.32 Å². The molecule has 0 saturated heterocycles. The van der Waals surface area contributed by atoms with E-state index in [-0.39, 0.29) is 11.4 Å². The summed E-state index contributed by atoms with van der Waals surface area (Å²) in [6.45, 7) is 8.16. The molecule has 4 heteroatoms. The van der Waals surface area contributed by atoms with Crippen LogP contribution < -0.4 is 5.32 Å². The monoisotopic (exact) mass is 307 g/mol. The molecule has 0 aliphatic rings. The van der Waals surface area contributed by atoms with E-state index in [9.17, 15) is 4.79 Å². The minimum atomic E-state index is -0.145. The minimum Gasteiger partial charge on any atom is -0.321 e. The van der Waals surface area contributed by atoms with Gasteiger partial charge in [0.1, 0.15) is 0 Å². The zero-order chi connectivity index (χ0) is 16.6. The third-order valence-corrected chi connectivity index (χ3v) is 3.91. The quantitative estimate of drug-likeness (QED) is 0.765. The molecule has 0 fully saturated rings. The number of amides is 1. The number of benzene rings is 2. The van der Waals surface area contributed by atoms with Gasteiger partial charge in [0.25, 0.3) is 5.91 Å². The summed E-state index contributed by atoms with van der Waals surface area (Å²) in [6.07, 6.45) is 3.40. The number of hydrogen-bond acceptors (Lipinski definition) is 2. The molecule has 1 N–H and O–H groups in total. The van der Waals surface area contributed by atoms with Gasteiger partial charge in [-0.15, -0.1) is 0 Å². The van der Waals surface area contributed by atoms with Crippen LogP contribution in [-0.2, 0) is 5.54 Å². The molecular weight excluding hydrogens is 286 g/mol.